The second-order valence-corrected chi connectivity index (χ2v) is 5.45. The van der Waals surface area contributed by atoms with Crippen LogP contribution in [0.5, 0.6) is 0 Å². The maximum absolute atomic E-state index is 11.7. The van der Waals surface area contributed by atoms with Gasteiger partial charge in [0, 0.05) is 19.5 Å². The van der Waals surface area contributed by atoms with E-state index in [2.05, 4.69) is 17.4 Å². The summed E-state index contributed by atoms with van der Waals surface area (Å²) in [6, 6.07) is 0. The van der Waals surface area contributed by atoms with Gasteiger partial charge in [0.05, 0.1) is 0 Å². The van der Waals surface area contributed by atoms with E-state index in [4.69, 9.17) is 0 Å². The van der Waals surface area contributed by atoms with Gasteiger partial charge >= 0.3 is 0 Å². The molecular formula is C15H30N2O. The molecule has 0 radical (unpaired) electrons. The predicted octanol–water partition coefficient (Wildman–Crippen LogP) is 3.64. The van der Waals surface area contributed by atoms with Crippen LogP contribution in [0.2, 0.25) is 0 Å². The molecule has 0 atom stereocenters. The van der Waals surface area contributed by atoms with Crippen LogP contribution in [0.4, 0.5) is 0 Å². The van der Waals surface area contributed by atoms with E-state index in [0.29, 0.717) is 6.42 Å². The number of carbonyl (C=O) groups excluding carboxylic acids is 1. The Hall–Kier alpha value is -0.570. The number of unbranched alkanes of at least 4 members (excludes halogenated alkanes) is 6. The Labute approximate surface area is 112 Å². The molecule has 3 heteroatoms. The van der Waals surface area contributed by atoms with Gasteiger partial charge in [-0.05, 0) is 19.3 Å². The third kappa shape index (κ3) is 7.70. The number of nitrogens with one attached hydrogen (secondary N) is 1. The number of hydrazine groups is 1. The Morgan fingerprint density at radius 2 is 1.56 bits per heavy atom. The second-order valence-electron chi connectivity index (χ2n) is 5.45. The fraction of sp³-hybridized carbons (Fsp3) is 0.933. The third-order valence-corrected chi connectivity index (χ3v) is 3.65. The van der Waals surface area contributed by atoms with Crippen molar-refractivity contribution in [2.24, 2.45) is 0 Å². The average Bonchev–Trinajstić information content (AvgIpc) is 2.39. The topological polar surface area (TPSA) is 32.3 Å². The molecule has 106 valence electrons. The molecule has 1 aliphatic rings. The Morgan fingerprint density at radius 3 is 2.22 bits per heavy atom. The largest absolute Gasteiger partial charge is 0.289 e. The van der Waals surface area contributed by atoms with Gasteiger partial charge in [-0.1, -0.05) is 51.9 Å². The molecule has 0 spiro atoms. The van der Waals surface area contributed by atoms with Gasteiger partial charge in [0.1, 0.15) is 0 Å². The van der Waals surface area contributed by atoms with E-state index < -0.39 is 0 Å². The van der Waals surface area contributed by atoms with Crippen molar-refractivity contribution in [1.29, 1.82) is 0 Å². The highest BCUT2D eigenvalue weighted by Gasteiger charge is 2.11. The minimum absolute atomic E-state index is 0.213. The number of nitrogens with zero attached hydrogens (tertiary/aromatic N) is 1. The second kappa shape index (κ2) is 10.4. The Morgan fingerprint density at radius 1 is 0.944 bits per heavy atom. The molecule has 1 aliphatic heterocycles. The first-order chi connectivity index (χ1) is 8.83. The SMILES string of the molecule is CCCCCCCCCC(=O)NN1CCCCC1. The Kier molecular flexibility index (Phi) is 8.92. The number of carbonyl (C=O) groups is 1. The molecule has 0 unspecified atom stereocenters. The normalized spacial score (nSPS) is 16.7. The lowest BCUT2D eigenvalue weighted by Crippen LogP contribution is -2.44. The Balaban J connectivity index is 1.90. The number of rotatable bonds is 9. The monoisotopic (exact) mass is 254 g/mol. The molecule has 1 heterocycles. The van der Waals surface area contributed by atoms with Crippen LogP contribution in [0, 0.1) is 0 Å². The first kappa shape index (κ1) is 15.5. The van der Waals surface area contributed by atoms with Crippen LogP contribution in [0.15, 0.2) is 0 Å². The zero-order valence-corrected chi connectivity index (χ0v) is 12.0. The minimum Gasteiger partial charge on any atom is -0.289 e. The van der Waals surface area contributed by atoms with Crippen LogP contribution in [0.25, 0.3) is 0 Å². The van der Waals surface area contributed by atoms with E-state index in [1.165, 1.54) is 57.8 Å². The number of amides is 1. The summed E-state index contributed by atoms with van der Waals surface area (Å²) in [5.74, 6) is 0.213. The summed E-state index contributed by atoms with van der Waals surface area (Å²) < 4.78 is 0. The van der Waals surface area contributed by atoms with Crippen LogP contribution in [0.3, 0.4) is 0 Å². The molecule has 1 amide bonds. The zero-order valence-electron chi connectivity index (χ0n) is 12.0. The van der Waals surface area contributed by atoms with Crippen molar-refractivity contribution in [2.75, 3.05) is 13.1 Å². The standard InChI is InChI=1S/C15H30N2O/c1-2-3-4-5-6-7-9-12-15(18)16-17-13-10-8-11-14-17/h2-14H2,1H3,(H,16,18). The van der Waals surface area contributed by atoms with Crippen molar-refractivity contribution >= 4 is 5.91 Å². The van der Waals surface area contributed by atoms with Gasteiger partial charge in [0.2, 0.25) is 5.91 Å². The number of hydrogen-bond donors (Lipinski definition) is 1. The lowest BCUT2D eigenvalue weighted by atomic mass is 10.1. The van der Waals surface area contributed by atoms with Gasteiger partial charge in [-0.25, -0.2) is 5.01 Å². The van der Waals surface area contributed by atoms with Crippen molar-refractivity contribution in [3.63, 3.8) is 0 Å². The number of hydrogen-bond acceptors (Lipinski definition) is 2. The van der Waals surface area contributed by atoms with Crippen LogP contribution in [0.1, 0.15) is 77.6 Å². The first-order valence-electron chi connectivity index (χ1n) is 7.87. The fourth-order valence-electron chi connectivity index (χ4n) is 2.48. The predicted molar refractivity (Wildman–Crippen MR) is 76.2 cm³/mol. The molecule has 0 aromatic carbocycles. The highest BCUT2D eigenvalue weighted by molar-refractivity contribution is 5.75. The van der Waals surface area contributed by atoms with E-state index in [0.717, 1.165) is 19.5 Å². The molecule has 0 aromatic rings. The fourth-order valence-corrected chi connectivity index (χ4v) is 2.48. The highest BCUT2D eigenvalue weighted by atomic mass is 16.2. The molecule has 1 fully saturated rings. The van der Waals surface area contributed by atoms with Crippen molar-refractivity contribution in [3.05, 3.63) is 0 Å². The van der Waals surface area contributed by atoms with Crippen molar-refractivity contribution in [1.82, 2.24) is 10.4 Å². The summed E-state index contributed by atoms with van der Waals surface area (Å²) in [5, 5.41) is 2.09. The van der Waals surface area contributed by atoms with Crippen LogP contribution < -0.4 is 5.43 Å². The van der Waals surface area contributed by atoms with E-state index in [-0.39, 0.29) is 5.91 Å². The average molecular weight is 254 g/mol. The summed E-state index contributed by atoms with van der Waals surface area (Å²) in [4.78, 5) is 11.7. The molecule has 3 nitrogen and oxygen atoms in total. The molecule has 18 heavy (non-hydrogen) atoms. The molecule has 0 aliphatic carbocycles. The molecule has 1 rings (SSSR count). The number of piperidine rings is 1. The van der Waals surface area contributed by atoms with Gasteiger partial charge < -0.3 is 0 Å². The Bertz CT molecular complexity index is 213. The summed E-state index contributed by atoms with van der Waals surface area (Å²) in [7, 11) is 0. The minimum atomic E-state index is 0.213. The molecule has 0 saturated carbocycles. The quantitative estimate of drug-likeness (QED) is 0.637. The third-order valence-electron chi connectivity index (χ3n) is 3.65. The van der Waals surface area contributed by atoms with Crippen molar-refractivity contribution < 1.29 is 4.79 Å². The molecule has 1 saturated heterocycles. The molecule has 0 bridgehead atoms. The van der Waals surface area contributed by atoms with Crippen molar-refractivity contribution in [2.45, 2.75) is 77.6 Å². The van der Waals surface area contributed by atoms with Crippen LogP contribution >= 0.6 is 0 Å². The van der Waals surface area contributed by atoms with E-state index >= 15 is 0 Å². The lowest BCUT2D eigenvalue weighted by molar-refractivity contribution is -0.126. The lowest BCUT2D eigenvalue weighted by Gasteiger charge is -2.26. The van der Waals surface area contributed by atoms with Gasteiger partial charge in [0.25, 0.3) is 0 Å². The summed E-state index contributed by atoms with van der Waals surface area (Å²) in [6.07, 6.45) is 13.3. The van der Waals surface area contributed by atoms with Crippen LogP contribution in [-0.4, -0.2) is 24.0 Å². The maximum atomic E-state index is 11.7. The summed E-state index contributed by atoms with van der Waals surface area (Å²) in [5.41, 5.74) is 3.02. The first-order valence-corrected chi connectivity index (χ1v) is 7.87. The smallest absolute Gasteiger partial charge is 0.234 e. The highest BCUT2D eigenvalue weighted by Crippen LogP contribution is 2.09. The summed E-state index contributed by atoms with van der Waals surface area (Å²) >= 11 is 0. The molecule has 1 N–H and O–H groups in total. The van der Waals surface area contributed by atoms with Crippen LogP contribution in [-0.2, 0) is 4.79 Å². The summed E-state index contributed by atoms with van der Waals surface area (Å²) in [6.45, 7) is 4.30. The van der Waals surface area contributed by atoms with Gasteiger partial charge in [-0.15, -0.1) is 0 Å². The van der Waals surface area contributed by atoms with E-state index in [1.54, 1.807) is 0 Å². The van der Waals surface area contributed by atoms with Crippen molar-refractivity contribution in [3.8, 4) is 0 Å². The van der Waals surface area contributed by atoms with Gasteiger partial charge in [-0.2, -0.15) is 0 Å². The van der Waals surface area contributed by atoms with E-state index in [9.17, 15) is 4.79 Å². The van der Waals surface area contributed by atoms with Gasteiger partial charge in [-0.3, -0.25) is 10.2 Å². The van der Waals surface area contributed by atoms with Gasteiger partial charge in [0.15, 0.2) is 0 Å². The maximum Gasteiger partial charge on any atom is 0.234 e. The molecular weight excluding hydrogens is 224 g/mol. The molecule has 0 aromatic heterocycles. The van der Waals surface area contributed by atoms with E-state index in [1.807, 2.05) is 0 Å². The zero-order chi connectivity index (χ0) is 13.1.